The number of nitrogens with one attached hydrogen (secondary N) is 1. The monoisotopic (exact) mass is 370 g/mol. The molecule has 1 aromatic carbocycles. The van der Waals surface area contributed by atoms with Gasteiger partial charge < -0.3 is 5.32 Å². The van der Waals surface area contributed by atoms with Crippen molar-refractivity contribution in [2.45, 2.75) is 19.4 Å². The fourth-order valence-corrected chi connectivity index (χ4v) is 2.81. The van der Waals surface area contributed by atoms with Gasteiger partial charge in [0.1, 0.15) is 0 Å². The molecule has 1 aliphatic heterocycles. The highest BCUT2D eigenvalue weighted by molar-refractivity contribution is 6.42. The van der Waals surface area contributed by atoms with Gasteiger partial charge in [0, 0.05) is 32.2 Å². The molecule has 1 N–H and O–H groups in total. The quantitative estimate of drug-likeness (QED) is 0.768. The van der Waals surface area contributed by atoms with E-state index in [1.54, 1.807) is 0 Å². The second-order valence-electron chi connectivity index (χ2n) is 5.14. The summed E-state index contributed by atoms with van der Waals surface area (Å²) in [6.07, 6.45) is 0.956. The van der Waals surface area contributed by atoms with Crippen molar-refractivity contribution < 1.29 is 0 Å². The van der Waals surface area contributed by atoms with E-state index < -0.39 is 0 Å². The summed E-state index contributed by atoms with van der Waals surface area (Å²) in [5.74, 6) is 0. The molecule has 1 aliphatic rings. The van der Waals surface area contributed by atoms with Crippen LogP contribution in [0.1, 0.15) is 24.9 Å². The molecule has 0 amide bonds. The Hall–Kier alpha value is 0.0400. The second kappa shape index (κ2) is 9.94. The minimum atomic E-state index is 0. The normalized spacial score (nSPS) is 16.5. The van der Waals surface area contributed by atoms with Gasteiger partial charge in [0.2, 0.25) is 0 Å². The summed E-state index contributed by atoms with van der Waals surface area (Å²) in [6, 6.07) is 6.28. The molecule has 1 fully saturated rings. The van der Waals surface area contributed by atoms with Gasteiger partial charge in [0.25, 0.3) is 0 Å². The number of piperazine rings is 1. The first kappa shape index (κ1) is 21.0. The first-order valence-corrected chi connectivity index (χ1v) is 7.37. The van der Waals surface area contributed by atoms with Gasteiger partial charge >= 0.3 is 0 Å². The molecule has 0 aliphatic carbocycles. The van der Waals surface area contributed by atoms with Crippen LogP contribution >= 0.6 is 48.0 Å². The van der Waals surface area contributed by atoms with Crippen molar-refractivity contribution in [2.24, 2.45) is 0 Å². The smallest absolute Gasteiger partial charge is 0.0595 e. The molecule has 1 atom stereocenters. The average molecular weight is 372 g/mol. The van der Waals surface area contributed by atoms with Crippen molar-refractivity contribution in [3.05, 3.63) is 46.0 Å². The fraction of sp³-hybridized carbons (Fsp3) is 0.467. The third-order valence-electron chi connectivity index (χ3n) is 3.46. The predicted octanol–water partition coefficient (Wildman–Crippen LogP) is 4.75. The molecule has 0 saturated carbocycles. The molecule has 21 heavy (non-hydrogen) atoms. The molecule has 0 aromatic heterocycles. The highest BCUT2D eigenvalue weighted by Gasteiger charge is 2.22. The van der Waals surface area contributed by atoms with E-state index in [2.05, 4.69) is 29.8 Å². The van der Waals surface area contributed by atoms with Crippen molar-refractivity contribution in [1.29, 1.82) is 0 Å². The van der Waals surface area contributed by atoms with Crippen LogP contribution in [0.2, 0.25) is 10.0 Å². The van der Waals surface area contributed by atoms with Crippen LogP contribution in [0.4, 0.5) is 0 Å². The highest BCUT2D eigenvalue weighted by atomic mass is 35.5. The third-order valence-corrected chi connectivity index (χ3v) is 4.20. The minimum Gasteiger partial charge on any atom is -0.314 e. The van der Waals surface area contributed by atoms with E-state index in [-0.39, 0.29) is 24.8 Å². The van der Waals surface area contributed by atoms with Crippen molar-refractivity contribution in [1.82, 2.24) is 10.2 Å². The molecular formula is C15H22Cl4N2. The van der Waals surface area contributed by atoms with Crippen LogP contribution in [0.3, 0.4) is 0 Å². The van der Waals surface area contributed by atoms with E-state index in [9.17, 15) is 0 Å². The van der Waals surface area contributed by atoms with Gasteiger partial charge in [-0.05, 0) is 31.0 Å². The zero-order valence-corrected chi connectivity index (χ0v) is 15.2. The van der Waals surface area contributed by atoms with Crippen LogP contribution in [0.5, 0.6) is 0 Å². The predicted molar refractivity (Wildman–Crippen MR) is 97.6 cm³/mol. The molecule has 0 unspecified atom stereocenters. The molecule has 6 heteroatoms. The molecule has 0 spiro atoms. The van der Waals surface area contributed by atoms with Crippen LogP contribution in [0.15, 0.2) is 30.4 Å². The van der Waals surface area contributed by atoms with Crippen LogP contribution in [-0.2, 0) is 0 Å². The van der Waals surface area contributed by atoms with Crippen molar-refractivity contribution in [3.63, 3.8) is 0 Å². The van der Waals surface area contributed by atoms with E-state index in [0.717, 1.165) is 32.6 Å². The topological polar surface area (TPSA) is 15.3 Å². The zero-order chi connectivity index (χ0) is 13.8. The Morgan fingerprint density at radius 2 is 1.86 bits per heavy atom. The summed E-state index contributed by atoms with van der Waals surface area (Å²) in [4.78, 5) is 2.49. The van der Waals surface area contributed by atoms with Crippen LogP contribution < -0.4 is 5.32 Å². The summed E-state index contributed by atoms with van der Waals surface area (Å²) in [7, 11) is 0. The van der Waals surface area contributed by atoms with Gasteiger partial charge in [-0.25, -0.2) is 0 Å². The molecular weight excluding hydrogens is 350 g/mol. The molecule has 1 saturated heterocycles. The Balaban J connectivity index is 0.00000200. The highest BCUT2D eigenvalue weighted by Crippen LogP contribution is 2.32. The number of hydrogen-bond donors (Lipinski definition) is 1. The van der Waals surface area contributed by atoms with E-state index in [4.69, 9.17) is 23.2 Å². The third kappa shape index (κ3) is 5.97. The summed E-state index contributed by atoms with van der Waals surface area (Å²) < 4.78 is 0. The van der Waals surface area contributed by atoms with E-state index in [0.29, 0.717) is 16.1 Å². The standard InChI is InChI=1S/C15H20Cl2N2.2ClH/c1-11(2)9-15(19-7-5-18-6-8-19)12-3-4-13(16)14(17)10-12;;/h3-4,10,15,18H,1,5-9H2,2H3;2*1H/t15-;;/m1../s1. The maximum atomic E-state index is 6.15. The molecule has 0 radical (unpaired) electrons. The summed E-state index contributed by atoms with van der Waals surface area (Å²) in [6.45, 7) is 10.3. The lowest BCUT2D eigenvalue weighted by molar-refractivity contribution is 0.172. The Bertz CT molecular complexity index is 459. The zero-order valence-electron chi connectivity index (χ0n) is 12.1. The minimum absolute atomic E-state index is 0. The van der Waals surface area contributed by atoms with Crippen molar-refractivity contribution >= 4 is 48.0 Å². The molecule has 0 bridgehead atoms. The van der Waals surface area contributed by atoms with Gasteiger partial charge in [-0.1, -0.05) is 34.8 Å². The number of nitrogens with zero attached hydrogens (tertiary/aromatic N) is 1. The molecule has 1 aromatic rings. The molecule has 2 nitrogen and oxygen atoms in total. The Kier molecular flexibility index (Phi) is 9.96. The lowest BCUT2D eigenvalue weighted by Gasteiger charge is -2.35. The van der Waals surface area contributed by atoms with E-state index in [1.165, 1.54) is 11.1 Å². The van der Waals surface area contributed by atoms with Gasteiger partial charge in [0.15, 0.2) is 0 Å². The number of halogens is 4. The summed E-state index contributed by atoms with van der Waals surface area (Å²) in [5.41, 5.74) is 2.41. The average Bonchev–Trinajstić information content (AvgIpc) is 2.40. The lowest BCUT2D eigenvalue weighted by Crippen LogP contribution is -2.45. The largest absolute Gasteiger partial charge is 0.314 e. The molecule has 120 valence electrons. The maximum Gasteiger partial charge on any atom is 0.0595 e. The number of benzene rings is 1. The van der Waals surface area contributed by atoms with Crippen LogP contribution in [0, 0.1) is 0 Å². The molecule has 2 rings (SSSR count). The first-order chi connectivity index (χ1) is 9.08. The summed E-state index contributed by atoms with van der Waals surface area (Å²) in [5, 5.41) is 4.62. The Morgan fingerprint density at radius 1 is 1.24 bits per heavy atom. The van der Waals surface area contributed by atoms with Gasteiger partial charge in [-0.2, -0.15) is 0 Å². The van der Waals surface area contributed by atoms with E-state index in [1.807, 2.05) is 12.1 Å². The first-order valence-electron chi connectivity index (χ1n) is 6.62. The Labute approximate surface area is 149 Å². The van der Waals surface area contributed by atoms with Crippen LogP contribution in [0.25, 0.3) is 0 Å². The maximum absolute atomic E-state index is 6.15. The lowest BCUT2D eigenvalue weighted by atomic mass is 9.98. The number of hydrogen-bond acceptors (Lipinski definition) is 2. The second-order valence-corrected chi connectivity index (χ2v) is 5.95. The summed E-state index contributed by atoms with van der Waals surface area (Å²) >= 11 is 12.2. The van der Waals surface area contributed by atoms with Crippen molar-refractivity contribution in [2.75, 3.05) is 26.2 Å². The van der Waals surface area contributed by atoms with Gasteiger partial charge in [-0.15, -0.1) is 31.4 Å². The SMILES string of the molecule is C=C(C)C[C@H](c1ccc(Cl)c(Cl)c1)N1CCNCC1.Cl.Cl. The fourth-order valence-electron chi connectivity index (χ4n) is 2.50. The molecule has 1 heterocycles. The Morgan fingerprint density at radius 3 is 2.38 bits per heavy atom. The van der Waals surface area contributed by atoms with Gasteiger partial charge in [0.05, 0.1) is 10.0 Å². The van der Waals surface area contributed by atoms with Crippen LogP contribution in [-0.4, -0.2) is 31.1 Å². The van der Waals surface area contributed by atoms with Crippen molar-refractivity contribution in [3.8, 4) is 0 Å². The van der Waals surface area contributed by atoms with Gasteiger partial charge in [-0.3, -0.25) is 4.90 Å². The number of rotatable bonds is 4. The van der Waals surface area contributed by atoms with E-state index >= 15 is 0 Å².